The van der Waals surface area contributed by atoms with Gasteiger partial charge in [0.2, 0.25) is 5.91 Å². The molecule has 0 saturated carbocycles. The molecule has 0 aliphatic carbocycles. The lowest BCUT2D eigenvalue weighted by molar-refractivity contribution is -0.124. The average molecular weight is 318 g/mol. The van der Waals surface area contributed by atoms with Crippen LogP contribution in [0.3, 0.4) is 0 Å². The van der Waals surface area contributed by atoms with Gasteiger partial charge in [-0.15, -0.1) is 0 Å². The highest BCUT2D eigenvalue weighted by atomic mass is 35.5. The van der Waals surface area contributed by atoms with Gasteiger partial charge in [0.25, 0.3) is 5.91 Å². The van der Waals surface area contributed by atoms with Gasteiger partial charge in [0.15, 0.2) is 0 Å². The number of rotatable bonds is 3. The molecule has 0 fully saturated rings. The van der Waals surface area contributed by atoms with E-state index in [1.165, 1.54) is 12.1 Å². The standard InChI is InChI=1S/C13H17Cl2N3O2/c1-7(11(19)18-13(2,3)4)16-12(20)10-8(14)5-6-9(15)17-10/h5-7H,1-4H3,(H,16,20)(H,18,19). The summed E-state index contributed by atoms with van der Waals surface area (Å²) in [7, 11) is 0. The van der Waals surface area contributed by atoms with Crippen LogP contribution in [0.15, 0.2) is 12.1 Å². The number of halogens is 2. The van der Waals surface area contributed by atoms with Crippen LogP contribution in [0.5, 0.6) is 0 Å². The minimum Gasteiger partial charge on any atom is -0.350 e. The Bertz CT molecular complexity index is 527. The molecule has 7 heteroatoms. The Balaban J connectivity index is 2.75. The van der Waals surface area contributed by atoms with Crippen LogP contribution in [0.1, 0.15) is 38.2 Å². The van der Waals surface area contributed by atoms with E-state index in [9.17, 15) is 9.59 Å². The second-order valence-electron chi connectivity index (χ2n) is 5.40. The molecule has 0 radical (unpaired) electrons. The van der Waals surface area contributed by atoms with Gasteiger partial charge in [-0.2, -0.15) is 0 Å². The Kier molecular flexibility index (Phi) is 5.36. The number of nitrogens with zero attached hydrogens (tertiary/aromatic N) is 1. The molecule has 0 saturated heterocycles. The van der Waals surface area contributed by atoms with E-state index >= 15 is 0 Å². The Labute approximate surface area is 128 Å². The van der Waals surface area contributed by atoms with E-state index in [4.69, 9.17) is 23.2 Å². The number of pyridine rings is 1. The molecule has 1 atom stereocenters. The fraction of sp³-hybridized carbons (Fsp3) is 0.462. The van der Waals surface area contributed by atoms with Crippen LogP contribution in [0.4, 0.5) is 0 Å². The molecule has 0 spiro atoms. The molecule has 0 aliphatic rings. The Morgan fingerprint density at radius 2 is 1.85 bits per heavy atom. The van der Waals surface area contributed by atoms with E-state index in [0.717, 1.165) is 0 Å². The SMILES string of the molecule is CC(NC(=O)c1nc(Cl)ccc1Cl)C(=O)NC(C)(C)C. The Hall–Kier alpha value is -1.33. The molecule has 1 rings (SSSR count). The lowest BCUT2D eigenvalue weighted by atomic mass is 10.1. The van der Waals surface area contributed by atoms with Gasteiger partial charge >= 0.3 is 0 Å². The molecule has 1 heterocycles. The first-order valence-corrected chi connectivity index (χ1v) is 6.80. The van der Waals surface area contributed by atoms with E-state index in [0.29, 0.717) is 0 Å². The largest absolute Gasteiger partial charge is 0.350 e. The van der Waals surface area contributed by atoms with Crippen molar-refractivity contribution in [3.8, 4) is 0 Å². The predicted octanol–water partition coefficient (Wildman–Crippen LogP) is 2.42. The molecule has 20 heavy (non-hydrogen) atoms. The molecule has 1 aromatic heterocycles. The molecule has 1 aromatic rings. The van der Waals surface area contributed by atoms with Gasteiger partial charge in [-0.05, 0) is 39.8 Å². The summed E-state index contributed by atoms with van der Waals surface area (Å²) in [6.45, 7) is 7.15. The third-order valence-electron chi connectivity index (χ3n) is 2.27. The third kappa shape index (κ3) is 4.98. The number of amides is 2. The second kappa shape index (κ2) is 6.41. The summed E-state index contributed by atoms with van der Waals surface area (Å²) in [6, 6.07) is 2.25. The molecule has 2 amide bonds. The minimum atomic E-state index is -0.710. The summed E-state index contributed by atoms with van der Waals surface area (Å²) >= 11 is 11.6. The summed E-state index contributed by atoms with van der Waals surface area (Å²) in [5.41, 5.74) is -0.378. The van der Waals surface area contributed by atoms with Crippen LogP contribution in [0.25, 0.3) is 0 Å². The quantitative estimate of drug-likeness (QED) is 0.841. The van der Waals surface area contributed by atoms with Crippen molar-refractivity contribution in [3.05, 3.63) is 28.0 Å². The van der Waals surface area contributed by atoms with E-state index < -0.39 is 11.9 Å². The summed E-state index contributed by atoms with van der Waals surface area (Å²) in [5, 5.41) is 5.63. The summed E-state index contributed by atoms with van der Waals surface area (Å²) < 4.78 is 0. The van der Waals surface area contributed by atoms with E-state index in [1.807, 2.05) is 20.8 Å². The normalized spacial score (nSPS) is 12.7. The van der Waals surface area contributed by atoms with Crippen LogP contribution in [-0.4, -0.2) is 28.4 Å². The molecule has 0 aliphatic heterocycles. The molecule has 2 N–H and O–H groups in total. The molecular formula is C13H17Cl2N3O2. The van der Waals surface area contributed by atoms with Crippen molar-refractivity contribution < 1.29 is 9.59 Å². The Morgan fingerprint density at radius 3 is 2.40 bits per heavy atom. The average Bonchev–Trinajstić information content (AvgIpc) is 2.29. The highest BCUT2D eigenvalue weighted by molar-refractivity contribution is 6.34. The van der Waals surface area contributed by atoms with Gasteiger partial charge in [-0.3, -0.25) is 9.59 Å². The fourth-order valence-electron chi connectivity index (χ4n) is 1.39. The van der Waals surface area contributed by atoms with Crippen LogP contribution in [0.2, 0.25) is 10.2 Å². The molecule has 0 aromatic carbocycles. The number of hydrogen-bond donors (Lipinski definition) is 2. The molecule has 0 bridgehead atoms. The second-order valence-corrected chi connectivity index (χ2v) is 6.19. The van der Waals surface area contributed by atoms with E-state index in [1.54, 1.807) is 6.92 Å². The van der Waals surface area contributed by atoms with Crippen molar-refractivity contribution in [1.29, 1.82) is 0 Å². The van der Waals surface area contributed by atoms with Gasteiger partial charge in [0.05, 0.1) is 5.02 Å². The van der Waals surface area contributed by atoms with Gasteiger partial charge in [0.1, 0.15) is 16.9 Å². The highest BCUT2D eigenvalue weighted by Crippen LogP contribution is 2.16. The van der Waals surface area contributed by atoms with Crippen molar-refractivity contribution in [3.63, 3.8) is 0 Å². The topological polar surface area (TPSA) is 71.1 Å². The summed E-state index contributed by atoms with van der Waals surface area (Å²) in [5.74, 6) is -0.835. The van der Waals surface area contributed by atoms with Crippen molar-refractivity contribution >= 4 is 35.0 Å². The van der Waals surface area contributed by atoms with E-state index in [2.05, 4.69) is 15.6 Å². The lowest BCUT2D eigenvalue weighted by Crippen LogP contribution is -2.51. The first-order valence-electron chi connectivity index (χ1n) is 6.05. The number of carbonyl (C=O) groups is 2. The Morgan fingerprint density at radius 1 is 1.25 bits per heavy atom. The first kappa shape index (κ1) is 16.7. The van der Waals surface area contributed by atoms with Crippen molar-refractivity contribution in [1.82, 2.24) is 15.6 Å². The van der Waals surface area contributed by atoms with Crippen LogP contribution >= 0.6 is 23.2 Å². The number of carbonyl (C=O) groups excluding carboxylic acids is 2. The third-order valence-corrected chi connectivity index (χ3v) is 2.78. The zero-order valence-electron chi connectivity index (χ0n) is 11.8. The smallest absolute Gasteiger partial charge is 0.272 e. The fourth-order valence-corrected chi connectivity index (χ4v) is 1.72. The molecular weight excluding hydrogens is 301 g/mol. The van der Waals surface area contributed by atoms with Gasteiger partial charge < -0.3 is 10.6 Å². The van der Waals surface area contributed by atoms with Crippen LogP contribution < -0.4 is 10.6 Å². The first-order chi connectivity index (χ1) is 9.10. The molecule has 110 valence electrons. The zero-order valence-corrected chi connectivity index (χ0v) is 13.3. The number of hydrogen-bond acceptors (Lipinski definition) is 3. The van der Waals surface area contributed by atoms with Gasteiger partial charge in [-0.1, -0.05) is 23.2 Å². The van der Waals surface area contributed by atoms with Gasteiger partial charge in [-0.25, -0.2) is 4.98 Å². The highest BCUT2D eigenvalue weighted by Gasteiger charge is 2.22. The maximum atomic E-state index is 12.0. The number of aromatic nitrogens is 1. The van der Waals surface area contributed by atoms with Crippen molar-refractivity contribution in [2.24, 2.45) is 0 Å². The van der Waals surface area contributed by atoms with Crippen molar-refractivity contribution in [2.75, 3.05) is 0 Å². The van der Waals surface area contributed by atoms with E-state index in [-0.39, 0.29) is 27.3 Å². The van der Waals surface area contributed by atoms with Crippen LogP contribution in [-0.2, 0) is 4.79 Å². The monoisotopic (exact) mass is 317 g/mol. The number of nitrogens with one attached hydrogen (secondary N) is 2. The lowest BCUT2D eigenvalue weighted by Gasteiger charge is -2.23. The molecule has 5 nitrogen and oxygen atoms in total. The minimum absolute atomic E-state index is 0.00502. The maximum absolute atomic E-state index is 12.0. The maximum Gasteiger partial charge on any atom is 0.272 e. The summed E-state index contributed by atoms with van der Waals surface area (Å²) in [6.07, 6.45) is 0. The van der Waals surface area contributed by atoms with Gasteiger partial charge in [0, 0.05) is 5.54 Å². The summed E-state index contributed by atoms with van der Waals surface area (Å²) in [4.78, 5) is 27.7. The zero-order chi connectivity index (χ0) is 15.5. The predicted molar refractivity (Wildman–Crippen MR) is 79.1 cm³/mol. The molecule has 1 unspecified atom stereocenters. The van der Waals surface area contributed by atoms with Crippen molar-refractivity contribution in [2.45, 2.75) is 39.3 Å². The van der Waals surface area contributed by atoms with Crippen LogP contribution in [0, 0.1) is 0 Å².